The van der Waals surface area contributed by atoms with Crippen LogP contribution in [0.5, 0.6) is 0 Å². The van der Waals surface area contributed by atoms with E-state index in [9.17, 15) is 0 Å². The van der Waals surface area contributed by atoms with Crippen molar-refractivity contribution in [1.29, 1.82) is 0 Å². The minimum Gasteiger partial charge on any atom is -0.306 e. The Balaban J connectivity index is 2.44. The van der Waals surface area contributed by atoms with Gasteiger partial charge in [0, 0.05) is 14.2 Å². The molecule has 1 N–H and O–H groups in total. The fraction of sp³-hybridized carbons (Fsp3) is 0.375. The standard InChI is InChI=1S/C16H20BrNS/c1-5-18-15(16-11(3)8-12(4)19-16)13-6-7-14(17)10(2)9-13/h6-9,15,18H,5H2,1-4H3. The summed E-state index contributed by atoms with van der Waals surface area (Å²) in [6, 6.07) is 9.20. The number of benzene rings is 1. The molecule has 0 amide bonds. The number of thiophene rings is 1. The van der Waals surface area contributed by atoms with Gasteiger partial charge >= 0.3 is 0 Å². The van der Waals surface area contributed by atoms with Crippen molar-refractivity contribution in [2.45, 2.75) is 33.7 Å². The van der Waals surface area contributed by atoms with Gasteiger partial charge in [-0.25, -0.2) is 0 Å². The van der Waals surface area contributed by atoms with Crippen LogP contribution in [0.2, 0.25) is 0 Å². The molecular formula is C16H20BrNS. The molecule has 102 valence electrons. The summed E-state index contributed by atoms with van der Waals surface area (Å²) in [5.74, 6) is 0. The fourth-order valence-corrected chi connectivity index (χ4v) is 3.75. The average molecular weight is 338 g/mol. The molecule has 2 rings (SSSR count). The summed E-state index contributed by atoms with van der Waals surface area (Å²) < 4.78 is 1.17. The van der Waals surface area contributed by atoms with Crippen LogP contribution < -0.4 is 5.32 Å². The molecular weight excluding hydrogens is 318 g/mol. The Morgan fingerprint density at radius 3 is 2.42 bits per heavy atom. The first-order valence-corrected chi connectivity index (χ1v) is 8.20. The van der Waals surface area contributed by atoms with Crippen molar-refractivity contribution in [2.24, 2.45) is 0 Å². The van der Waals surface area contributed by atoms with Crippen molar-refractivity contribution in [3.8, 4) is 0 Å². The lowest BCUT2D eigenvalue weighted by atomic mass is 10.0. The van der Waals surface area contributed by atoms with Gasteiger partial charge in [0.1, 0.15) is 0 Å². The van der Waals surface area contributed by atoms with Crippen LogP contribution in [-0.2, 0) is 0 Å². The Bertz CT molecular complexity index is 574. The lowest BCUT2D eigenvalue weighted by Crippen LogP contribution is -2.21. The molecule has 0 spiro atoms. The van der Waals surface area contributed by atoms with Crippen molar-refractivity contribution in [2.75, 3.05) is 6.54 Å². The van der Waals surface area contributed by atoms with E-state index in [2.05, 4.69) is 73.2 Å². The highest BCUT2D eigenvalue weighted by Crippen LogP contribution is 2.33. The van der Waals surface area contributed by atoms with Gasteiger partial charge in [0.2, 0.25) is 0 Å². The summed E-state index contributed by atoms with van der Waals surface area (Å²) in [5, 5.41) is 3.61. The van der Waals surface area contributed by atoms with E-state index in [4.69, 9.17) is 0 Å². The number of aryl methyl sites for hydroxylation is 3. The molecule has 1 nitrogen and oxygen atoms in total. The third kappa shape index (κ3) is 3.28. The molecule has 1 unspecified atom stereocenters. The summed E-state index contributed by atoms with van der Waals surface area (Å²) in [5.41, 5.74) is 4.01. The molecule has 19 heavy (non-hydrogen) atoms. The number of hydrogen-bond acceptors (Lipinski definition) is 2. The van der Waals surface area contributed by atoms with Crippen LogP contribution in [0, 0.1) is 20.8 Å². The topological polar surface area (TPSA) is 12.0 Å². The lowest BCUT2D eigenvalue weighted by Gasteiger charge is -2.19. The molecule has 0 fully saturated rings. The second kappa shape index (κ2) is 6.21. The first-order valence-electron chi connectivity index (χ1n) is 6.59. The van der Waals surface area contributed by atoms with E-state index >= 15 is 0 Å². The van der Waals surface area contributed by atoms with Gasteiger partial charge < -0.3 is 5.32 Å². The fourth-order valence-electron chi connectivity index (χ4n) is 2.36. The molecule has 0 aliphatic rings. The van der Waals surface area contributed by atoms with E-state index in [0.29, 0.717) is 6.04 Å². The highest BCUT2D eigenvalue weighted by Gasteiger charge is 2.18. The van der Waals surface area contributed by atoms with Crippen molar-refractivity contribution >= 4 is 27.3 Å². The van der Waals surface area contributed by atoms with E-state index in [-0.39, 0.29) is 0 Å². The Morgan fingerprint density at radius 2 is 1.89 bits per heavy atom. The zero-order valence-corrected chi connectivity index (χ0v) is 14.3. The van der Waals surface area contributed by atoms with Crippen LogP contribution in [0.15, 0.2) is 28.7 Å². The van der Waals surface area contributed by atoms with Gasteiger partial charge in [-0.1, -0.05) is 35.0 Å². The van der Waals surface area contributed by atoms with Gasteiger partial charge in [-0.2, -0.15) is 0 Å². The van der Waals surface area contributed by atoms with E-state index in [1.165, 1.54) is 30.9 Å². The van der Waals surface area contributed by atoms with Crippen molar-refractivity contribution in [3.63, 3.8) is 0 Å². The highest BCUT2D eigenvalue weighted by atomic mass is 79.9. The molecule has 2 aromatic rings. The molecule has 0 saturated carbocycles. The van der Waals surface area contributed by atoms with Gasteiger partial charge in [-0.3, -0.25) is 0 Å². The minimum atomic E-state index is 0.301. The average Bonchev–Trinajstić information content (AvgIpc) is 2.69. The summed E-state index contributed by atoms with van der Waals surface area (Å²) in [4.78, 5) is 2.81. The lowest BCUT2D eigenvalue weighted by molar-refractivity contribution is 0.637. The normalized spacial score (nSPS) is 12.7. The molecule has 0 aliphatic heterocycles. The Morgan fingerprint density at radius 1 is 1.16 bits per heavy atom. The Labute approximate surface area is 128 Å². The molecule has 0 bridgehead atoms. The SMILES string of the molecule is CCNC(c1ccc(Br)c(C)c1)c1sc(C)cc1C. The molecule has 1 aromatic heterocycles. The number of nitrogens with one attached hydrogen (secondary N) is 1. The summed E-state index contributed by atoms with van der Waals surface area (Å²) in [7, 11) is 0. The van der Waals surface area contributed by atoms with Crippen LogP contribution in [0.3, 0.4) is 0 Å². The first kappa shape index (κ1) is 14.8. The second-order valence-electron chi connectivity index (χ2n) is 4.90. The van der Waals surface area contributed by atoms with E-state index in [0.717, 1.165) is 6.54 Å². The van der Waals surface area contributed by atoms with Crippen LogP contribution in [-0.4, -0.2) is 6.54 Å². The van der Waals surface area contributed by atoms with Crippen LogP contribution in [0.4, 0.5) is 0 Å². The maximum atomic E-state index is 3.61. The predicted octanol–water partition coefficient (Wildman–Crippen LogP) is 5.13. The minimum absolute atomic E-state index is 0.301. The van der Waals surface area contributed by atoms with E-state index in [1.54, 1.807) is 0 Å². The van der Waals surface area contributed by atoms with Gasteiger partial charge in [-0.05, 0) is 56.1 Å². The molecule has 1 heterocycles. The molecule has 1 atom stereocenters. The number of rotatable bonds is 4. The molecule has 0 aliphatic carbocycles. The van der Waals surface area contributed by atoms with Crippen molar-refractivity contribution < 1.29 is 0 Å². The van der Waals surface area contributed by atoms with Crippen molar-refractivity contribution in [3.05, 3.63) is 55.2 Å². The quantitative estimate of drug-likeness (QED) is 0.814. The third-order valence-electron chi connectivity index (χ3n) is 3.27. The maximum Gasteiger partial charge on any atom is 0.0673 e. The molecule has 0 saturated heterocycles. The van der Waals surface area contributed by atoms with Crippen LogP contribution in [0.1, 0.15) is 39.4 Å². The third-order valence-corrected chi connectivity index (χ3v) is 5.37. The monoisotopic (exact) mass is 337 g/mol. The van der Waals surface area contributed by atoms with Gasteiger partial charge in [0.15, 0.2) is 0 Å². The van der Waals surface area contributed by atoms with Gasteiger partial charge in [-0.15, -0.1) is 11.3 Å². The number of hydrogen-bond donors (Lipinski definition) is 1. The molecule has 0 radical (unpaired) electrons. The zero-order chi connectivity index (χ0) is 14.0. The molecule has 3 heteroatoms. The Kier molecular flexibility index (Phi) is 4.82. The number of halogens is 1. The predicted molar refractivity (Wildman–Crippen MR) is 88.2 cm³/mol. The van der Waals surface area contributed by atoms with E-state index in [1.807, 2.05) is 11.3 Å². The maximum absolute atomic E-state index is 3.61. The summed E-state index contributed by atoms with van der Waals surface area (Å²) in [6.45, 7) is 9.65. The smallest absolute Gasteiger partial charge is 0.0673 e. The molecule has 1 aromatic carbocycles. The summed E-state index contributed by atoms with van der Waals surface area (Å²) in [6.07, 6.45) is 0. The first-order chi connectivity index (χ1) is 9.02. The van der Waals surface area contributed by atoms with Crippen LogP contribution >= 0.6 is 27.3 Å². The van der Waals surface area contributed by atoms with Gasteiger partial charge in [0.25, 0.3) is 0 Å². The highest BCUT2D eigenvalue weighted by molar-refractivity contribution is 9.10. The summed E-state index contributed by atoms with van der Waals surface area (Å²) >= 11 is 5.47. The van der Waals surface area contributed by atoms with E-state index < -0.39 is 0 Å². The van der Waals surface area contributed by atoms with Crippen LogP contribution in [0.25, 0.3) is 0 Å². The van der Waals surface area contributed by atoms with Crippen molar-refractivity contribution in [1.82, 2.24) is 5.32 Å². The second-order valence-corrected chi connectivity index (χ2v) is 7.05. The van der Waals surface area contributed by atoms with Gasteiger partial charge in [0.05, 0.1) is 6.04 Å². The zero-order valence-electron chi connectivity index (χ0n) is 11.9. The Hall–Kier alpha value is -0.640. The largest absolute Gasteiger partial charge is 0.306 e.